The van der Waals surface area contributed by atoms with Crippen LogP contribution in [0.1, 0.15) is 57.1 Å². The first-order valence-corrected chi connectivity index (χ1v) is 10.4. The first-order valence-electron chi connectivity index (χ1n) is 10.4. The Morgan fingerprint density at radius 3 is 2.66 bits per heavy atom. The molecular formula is C22H27NO6. The Bertz CT molecular complexity index is 838. The third-order valence-electron chi connectivity index (χ3n) is 7.07. The van der Waals surface area contributed by atoms with Crippen LogP contribution in [0.25, 0.3) is 0 Å². The van der Waals surface area contributed by atoms with E-state index in [9.17, 15) is 14.7 Å². The molecule has 0 saturated heterocycles. The molecule has 1 amide bonds. The maximum atomic E-state index is 12.9. The van der Waals surface area contributed by atoms with Crippen LogP contribution in [0.2, 0.25) is 0 Å². The molecule has 5 aliphatic rings. The van der Waals surface area contributed by atoms with Gasteiger partial charge in [-0.25, -0.2) is 0 Å². The number of rotatable bonds is 5. The molecule has 1 aliphatic heterocycles. The molecule has 7 heteroatoms. The molecule has 4 saturated carbocycles. The monoisotopic (exact) mass is 401 g/mol. The van der Waals surface area contributed by atoms with E-state index in [4.69, 9.17) is 14.2 Å². The van der Waals surface area contributed by atoms with E-state index in [0.29, 0.717) is 29.8 Å². The van der Waals surface area contributed by atoms with Crippen LogP contribution in [0.3, 0.4) is 0 Å². The van der Waals surface area contributed by atoms with Gasteiger partial charge >= 0.3 is 5.97 Å². The molecule has 2 N–H and O–H groups in total. The van der Waals surface area contributed by atoms with E-state index < -0.39 is 11.0 Å². The Morgan fingerprint density at radius 2 is 1.93 bits per heavy atom. The van der Waals surface area contributed by atoms with E-state index in [2.05, 4.69) is 5.32 Å². The first-order chi connectivity index (χ1) is 13.8. The zero-order chi connectivity index (χ0) is 20.2. The van der Waals surface area contributed by atoms with Crippen molar-refractivity contribution in [3.63, 3.8) is 0 Å². The van der Waals surface area contributed by atoms with E-state index in [1.807, 2.05) is 25.1 Å². The summed E-state index contributed by atoms with van der Waals surface area (Å²) in [7, 11) is 0. The average molecular weight is 401 g/mol. The van der Waals surface area contributed by atoms with Crippen LogP contribution in [0.4, 0.5) is 0 Å². The number of amides is 1. The van der Waals surface area contributed by atoms with Crippen LogP contribution in [-0.2, 0) is 14.3 Å². The second-order valence-electron chi connectivity index (χ2n) is 9.44. The van der Waals surface area contributed by atoms with Crippen LogP contribution in [0.15, 0.2) is 18.2 Å². The second-order valence-corrected chi connectivity index (χ2v) is 9.44. The van der Waals surface area contributed by atoms with Crippen molar-refractivity contribution in [1.82, 2.24) is 5.32 Å². The van der Waals surface area contributed by atoms with E-state index in [1.165, 1.54) is 0 Å². The number of aliphatic hydroxyl groups is 1. The van der Waals surface area contributed by atoms with Crippen molar-refractivity contribution >= 4 is 11.9 Å². The summed E-state index contributed by atoms with van der Waals surface area (Å²) < 4.78 is 16.1. The van der Waals surface area contributed by atoms with E-state index in [0.717, 1.165) is 37.7 Å². The zero-order valence-corrected chi connectivity index (χ0v) is 16.6. The number of carbonyl (C=O) groups is 2. The van der Waals surface area contributed by atoms with Crippen molar-refractivity contribution in [3.8, 4) is 11.5 Å². The molecule has 0 aromatic heterocycles. The van der Waals surface area contributed by atoms with Crippen LogP contribution in [-0.4, -0.2) is 36.0 Å². The minimum absolute atomic E-state index is 0.202. The summed E-state index contributed by atoms with van der Waals surface area (Å²) in [5, 5.41) is 13.7. The lowest BCUT2D eigenvalue weighted by molar-refractivity contribution is -0.196. The highest BCUT2D eigenvalue weighted by Crippen LogP contribution is 2.61. The summed E-state index contributed by atoms with van der Waals surface area (Å²) in [6.07, 6.45) is 4.73. The van der Waals surface area contributed by atoms with Gasteiger partial charge in [-0.05, 0) is 75.0 Å². The number of carbonyl (C=O) groups excluding carboxylic acids is 2. The Kier molecular flexibility index (Phi) is 4.28. The van der Waals surface area contributed by atoms with Crippen LogP contribution < -0.4 is 14.8 Å². The lowest BCUT2D eigenvalue weighted by Crippen LogP contribution is -2.58. The third kappa shape index (κ3) is 3.35. The molecule has 29 heavy (non-hydrogen) atoms. The van der Waals surface area contributed by atoms with Gasteiger partial charge in [0.1, 0.15) is 0 Å². The fourth-order valence-corrected chi connectivity index (χ4v) is 6.29. The largest absolute Gasteiger partial charge is 0.455 e. The highest BCUT2D eigenvalue weighted by atomic mass is 16.7. The molecule has 1 heterocycles. The Hall–Kier alpha value is -2.28. The number of ether oxygens (including phenoxy) is 3. The predicted octanol–water partition coefficient (Wildman–Crippen LogP) is 2.47. The molecule has 1 aromatic rings. The highest BCUT2D eigenvalue weighted by molar-refractivity contribution is 5.83. The molecule has 5 atom stereocenters. The van der Waals surface area contributed by atoms with Gasteiger partial charge in [-0.1, -0.05) is 6.07 Å². The predicted molar refractivity (Wildman–Crippen MR) is 102 cm³/mol. The van der Waals surface area contributed by atoms with Crippen LogP contribution in [0, 0.1) is 17.3 Å². The van der Waals surface area contributed by atoms with E-state index >= 15 is 0 Å². The fraction of sp³-hybridized carbons (Fsp3) is 0.636. The van der Waals surface area contributed by atoms with Gasteiger partial charge in [-0.15, -0.1) is 0 Å². The van der Waals surface area contributed by atoms with Gasteiger partial charge in [0.15, 0.2) is 18.1 Å². The van der Waals surface area contributed by atoms with Crippen molar-refractivity contribution in [3.05, 3.63) is 23.8 Å². The SMILES string of the molecule is C[C@@H](NC(=O)COC(=O)C12C[C@@H]3C[C@@H](CC(O)(C3)C1)C2)c1ccc2c(c1)OCO2. The molecular weight excluding hydrogens is 374 g/mol. The topological polar surface area (TPSA) is 94.1 Å². The lowest BCUT2D eigenvalue weighted by atomic mass is 9.48. The maximum absolute atomic E-state index is 12.9. The van der Waals surface area contributed by atoms with Gasteiger partial charge < -0.3 is 24.6 Å². The summed E-state index contributed by atoms with van der Waals surface area (Å²) in [4.78, 5) is 25.2. The molecule has 6 rings (SSSR count). The molecule has 1 aromatic carbocycles. The second kappa shape index (κ2) is 6.62. The molecule has 0 radical (unpaired) electrons. The van der Waals surface area contributed by atoms with Crippen molar-refractivity contribution in [2.24, 2.45) is 17.3 Å². The van der Waals surface area contributed by atoms with Gasteiger partial charge in [-0.2, -0.15) is 0 Å². The number of esters is 1. The first kappa shape index (κ1) is 18.7. The standard InChI is InChI=1S/C22H27NO6/c1-13(16-2-3-17-18(5-16)29-12-28-17)23-19(24)10-27-20(25)21-6-14-4-15(7-21)9-22(26,8-14)11-21/h2-3,5,13-15,26H,4,6-12H2,1H3,(H,23,24)/t13-,14-,15+,21?,22?/m1/s1. The zero-order valence-electron chi connectivity index (χ0n) is 16.6. The summed E-state index contributed by atoms with van der Waals surface area (Å²) in [5.74, 6) is 1.48. The Balaban J connectivity index is 1.17. The lowest BCUT2D eigenvalue weighted by Gasteiger charge is -2.58. The van der Waals surface area contributed by atoms with Crippen LogP contribution >= 0.6 is 0 Å². The fourth-order valence-electron chi connectivity index (χ4n) is 6.29. The number of nitrogens with one attached hydrogen (secondary N) is 1. The van der Waals surface area contributed by atoms with Gasteiger partial charge in [0.05, 0.1) is 17.1 Å². The summed E-state index contributed by atoms with van der Waals surface area (Å²) >= 11 is 0. The maximum Gasteiger partial charge on any atom is 0.312 e. The Morgan fingerprint density at radius 1 is 1.21 bits per heavy atom. The smallest absolute Gasteiger partial charge is 0.312 e. The summed E-state index contributed by atoms with van der Waals surface area (Å²) in [5.41, 5.74) is -0.446. The molecule has 4 aliphatic carbocycles. The molecule has 0 spiro atoms. The number of hydrogen-bond donors (Lipinski definition) is 2. The Labute approximate surface area is 169 Å². The van der Waals surface area contributed by atoms with Crippen molar-refractivity contribution in [2.75, 3.05) is 13.4 Å². The number of benzene rings is 1. The van der Waals surface area contributed by atoms with Gasteiger partial charge in [-0.3, -0.25) is 9.59 Å². The minimum Gasteiger partial charge on any atom is -0.455 e. The summed E-state index contributed by atoms with van der Waals surface area (Å²) in [6.45, 7) is 1.77. The molecule has 7 nitrogen and oxygen atoms in total. The van der Waals surface area contributed by atoms with Crippen LogP contribution in [0.5, 0.6) is 11.5 Å². The summed E-state index contributed by atoms with van der Waals surface area (Å²) in [6, 6.07) is 5.28. The normalized spacial score (nSPS) is 34.7. The molecule has 4 bridgehead atoms. The molecule has 4 fully saturated rings. The quantitative estimate of drug-likeness (QED) is 0.736. The van der Waals surface area contributed by atoms with Crippen molar-refractivity contribution < 1.29 is 28.9 Å². The molecule has 2 unspecified atom stereocenters. The average Bonchev–Trinajstić information content (AvgIpc) is 3.11. The van der Waals surface area contributed by atoms with Crippen molar-refractivity contribution in [1.29, 1.82) is 0 Å². The van der Waals surface area contributed by atoms with E-state index in [1.54, 1.807) is 0 Å². The number of fused-ring (bicyclic) bond motifs is 1. The minimum atomic E-state index is -0.723. The van der Waals surface area contributed by atoms with Gasteiger partial charge in [0.25, 0.3) is 5.91 Å². The third-order valence-corrected chi connectivity index (χ3v) is 7.07. The van der Waals surface area contributed by atoms with Gasteiger partial charge in [0.2, 0.25) is 6.79 Å². The molecule has 156 valence electrons. The highest BCUT2D eigenvalue weighted by Gasteiger charge is 2.60. The number of hydrogen-bond acceptors (Lipinski definition) is 6. The van der Waals surface area contributed by atoms with Crippen molar-refractivity contribution in [2.45, 2.75) is 57.1 Å². The van der Waals surface area contributed by atoms with Gasteiger partial charge in [0, 0.05) is 0 Å². The van der Waals surface area contributed by atoms with E-state index in [-0.39, 0.29) is 31.3 Å².